The molecule has 0 radical (unpaired) electrons. The average Bonchev–Trinajstić information content (AvgIpc) is 2.35. The summed E-state index contributed by atoms with van der Waals surface area (Å²) in [5, 5.41) is 2.87. The second-order valence-corrected chi connectivity index (χ2v) is 6.44. The molecule has 6 heteroatoms. The molecular weight excluding hydrogens is 411 g/mol. The van der Waals surface area contributed by atoms with Gasteiger partial charge in [0.05, 0.1) is 0 Å². The molecule has 1 nitrogen and oxygen atoms in total. The van der Waals surface area contributed by atoms with E-state index in [4.69, 9.17) is 0 Å². The van der Waals surface area contributed by atoms with Crippen LogP contribution in [0.5, 0.6) is 0 Å². The molecule has 2 aromatic rings. The van der Waals surface area contributed by atoms with Crippen LogP contribution >= 0.6 is 31.9 Å². The van der Waals surface area contributed by atoms with E-state index in [9.17, 15) is 13.2 Å². The second-order valence-electron chi connectivity index (χ2n) is 4.61. The molecule has 0 aliphatic heterocycles. The van der Waals surface area contributed by atoms with E-state index in [1.54, 1.807) is 13.1 Å². The van der Waals surface area contributed by atoms with Crippen molar-refractivity contribution in [1.82, 2.24) is 5.32 Å². The van der Waals surface area contributed by atoms with Crippen LogP contribution in [0.4, 0.5) is 13.2 Å². The summed E-state index contributed by atoms with van der Waals surface area (Å²) in [7, 11) is 1.61. The standard InChI is InChI=1S/C15H12Br2F3N/c1-21-14(4-8-2-9(16)5-11(18)3-8)15-12(19)6-10(17)7-13(15)20/h2-3,5-7,14,21H,4H2,1H3. The zero-order valence-electron chi connectivity index (χ0n) is 11.1. The molecule has 1 N–H and O–H groups in total. The highest BCUT2D eigenvalue weighted by atomic mass is 79.9. The van der Waals surface area contributed by atoms with Gasteiger partial charge in [-0.3, -0.25) is 0 Å². The van der Waals surface area contributed by atoms with E-state index in [0.717, 1.165) is 0 Å². The van der Waals surface area contributed by atoms with E-state index >= 15 is 0 Å². The topological polar surface area (TPSA) is 12.0 Å². The van der Waals surface area contributed by atoms with Crippen LogP contribution in [0.3, 0.4) is 0 Å². The van der Waals surface area contributed by atoms with Crippen LogP contribution in [0.2, 0.25) is 0 Å². The van der Waals surface area contributed by atoms with Gasteiger partial charge in [-0.25, -0.2) is 13.2 Å². The molecule has 0 saturated heterocycles. The van der Waals surface area contributed by atoms with E-state index in [2.05, 4.69) is 37.2 Å². The molecule has 2 rings (SSSR count). The fourth-order valence-electron chi connectivity index (χ4n) is 2.20. The molecule has 1 unspecified atom stereocenters. The van der Waals surface area contributed by atoms with Gasteiger partial charge in [0.2, 0.25) is 0 Å². The van der Waals surface area contributed by atoms with E-state index in [1.165, 1.54) is 24.3 Å². The molecule has 0 aromatic heterocycles. The number of rotatable bonds is 4. The summed E-state index contributed by atoms with van der Waals surface area (Å²) >= 11 is 6.25. The second kappa shape index (κ2) is 6.94. The van der Waals surface area contributed by atoms with Crippen molar-refractivity contribution in [3.05, 3.63) is 67.9 Å². The smallest absolute Gasteiger partial charge is 0.132 e. The molecule has 21 heavy (non-hydrogen) atoms. The monoisotopic (exact) mass is 421 g/mol. The molecule has 0 spiro atoms. The summed E-state index contributed by atoms with van der Waals surface area (Å²) < 4.78 is 42.3. The molecule has 0 heterocycles. The van der Waals surface area contributed by atoms with Gasteiger partial charge in [0.25, 0.3) is 0 Å². The first-order valence-corrected chi connectivity index (χ1v) is 7.76. The highest BCUT2D eigenvalue weighted by molar-refractivity contribution is 9.10. The predicted octanol–water partition coefficient (Wildman–Crippen LogP) is 5.13. The summed E-state index contributed by atoms with van der Waals surface area (Å²) in [5.74, 6) is -1.68. The van der Waals surface area contributed by atoms with Crippen LogP contribution in [0.15, 0.2) is 39.3 Å². The normalized spacial score (nSPS) is 12.5. The fraction of sp³-hybridized carbons (Fsp3) is 0.200. The van der Waals surface area contributed by atoms with Crippen molar-refractivity contribution >= 4 is 31.9 Å². The van der Waals surface area contributed by atoms with Crippen molar-refractivity contribution in [2.24, 2.45) is 0 Å². The lowest BCUT2D eigenvalue weighted by atomic mass is 9.98. The minimum atomic E-state index is -0.642. The lowest BCUT2D eigenvalue weighted by Gasteiger charge is -2.19. The van der Waals surface area contributed by atoms with Crippen LogP contribution in [0, 0.1) is 17.5 Å². The first-order valence-electron chi connectivity index (χ1n) is 6.17. The Morgan fingerprint density at radius 1 is 0.952 bits per heavy atom. The van der Waals surface area contributed by atoms with Gasteiger partial charge in [0.15, 0.2) is 0 Å². The maximum Gasteiger partial charge on any atom is 0.132 e. The Hall–Kier alpha value is -0.850. The quantitative estimate of drug-likeness (QED) is 0.719. The van der Waals surface area contributed by atoms with Gasteiger partial charge in [-0.1, -0.05) is 31.9 Å². The Morgan fingerprint density at radius 3 is 2.05 bits per heavy atom. The molecule has 0 amide bonds. The Kier molecular flexibility index (Phi) is 5.46. The minimum Gasteiger partial charge on any atom is -0.313 e. The number of halogens is 5. The van der Waals surface area contributed by atoms with Gasteiger partial charge in [-0.2, -0.15) is 0 Å². The summed E-state index contributed by atoms with van der Waals surface area (Å²) in [6.07, 6.45) is 0.266. The number of likely N-dealkylation sites (N-methyl/N-ethyl adjacent to an activating group) is 1. The molecular formula is C15H12Br2F3N. The van der Waals surface area contributed by atoms with E-state index < -0.39 is 23.5 Å². The predicted molar refractivity (Wildman–Crippen MR) is 83.7 cm³/mol. The molecule has 112 valence electrons. The van der Waals surface area contributed by atoms with E-state index in [-0.39, 0.29) is 12.0 Å². The lowest BCUT2D eigenvalue weighted by molar-refractivity contribution is 0.488. The molecule has 0 aliphatic rings. The van der Waals surface area contributed by atoms with Crippen LogP contribution in [-0.4, -0.2) is 7.05 Å². The SMILES string of the molecule is CNC(Cc1cc(F)cc(Br)c1)c1c(F)cc(Br)cc1F. The zero-order chi connectivity index (χ0) is 15.6. The van der Waals surface area contributed by atoms with Gasteiger partial charge in [0, 0.05) is 20.6 Å². The largest absolute Gasteiger partial charge is 0.313 e. The number of nitrogens with one attached hydrogen (secondary N) is 1. The van der Waals surface area contributed by atoms with Crippen molar-refractivity contribution in [3.8, 4) is 0 Å². The van der Waals surface area contributed by atoms with E-state index in [0.29, 0.717) is 14.5 Å². The fourth-order valence-corrected chi connectivity index (χ4v) is 3.11. The number of hydrogen-bond donors (Lipinski definition) is 1. The molecule has 1 atom stereocenters. The first-order chi connectivity index (χ1) is 9.90. The number of benzene rings is 2. The summed E-state index contributed by atoms with van der Waals surface area (Å²) in [6.45, 7) is 0. The third-order valence-electron chi connectivity index (χ3n) is 3.10. The van der Waals surface area contributed by atoms with Crippen molar-refractivity contribution in [3.63, 3.8) is 0 Å². The van der Waals surface area contributed by atoms with Crippen LogP contribution in [-0.2, 0) is 6.42 Å². The minimum absolute atomic E-state index is 0.0546. The van der Waals surface area contributed by atoms with Gasteiger partial charge >= 0.3 is 0 Å². The van der Waals surface area contributed by atoms with Crippen LogP contribution < -0.4 is 5.32 Å². The molecule has 0 saturated carbocycles. The van der Waals surface area contributed by atoms with Gasteiger partial charge < -0.3 is 5.32 Å². The van der Waals surface area contributed by atoms with Gasteiger partial charge in [0.1, 0.15) is 17.5 Å². The average molecular weight is 423 g/mol. The summed E-state index contributed by atoms with van der Waals surface area (Å²) in [4.78, 5) is 0. The van der Waals surface area contributed by atoms with Crippen molar-refractivity contribution in [2.45, 2.75) is 12.5 Å². The van der Waals surface area contributed by atoms with Crippen LogP contribution in [0.25, 0.3) is 0 Å². The van der Waals surface area contributed by atoms with Crippen molar-refractivity contribution < 1.29 is 13.2 Å². The first kappa shape index (κ1) is 16.5. The Labute approximate surface area is 137 Å². The Morgan fingerprint density at radius 2 is 1.52 bits per heavy atom. The highest BCUT2D eigenvalue weighted by Gasteiger charge is 2.20. The number of hydrogen-bond acceptors (Lipinski definition) is 1. The van der Waals surface area contributed by atoms with Crippen LogP contribution in [0.1, 0.15) is 17.2 Å². The molecule has 0 fully saturated rings. The van der Waals surface area contributed by atoms with E-state index in [1.807, 2.05) is 0 Å². The summed E-state index contributed by atoms with van der Waals surface area (Å²) in [5.41, 5.74) is 0.587. The maximum absolute atomic E-state index is 14.0. The van der Waals surface area contributed by atoms with Crippen molar-refractivity contribution in [1.29, 1.82) is 0 Å². The third kappa shape index (κ3) is 4.08. The molecule has 0 bridgehead atoms. The summed E-state index contributed by atoms with van der Waals surface area (Å²) in [6, 6.07) is 6.24. The zero-order valence-corrected chi connectivity index (χ0v) is 14.2. The molecule has 0 aliphatic carbocycles. The van der Waals surface area contributed by atoms with Gasteiger partial charge in [-0.15, -0.1) is 0 Å². The highest BCUT2D eigenvalue weighted by Crippen LogP contribution is 2.28. The Balaban J connectivity index is 2.36. The molecule has 2 aromatic carbocycles. The lowest BCUT2D eigenvalue weighted by Crippen LogP contribution is -2.21. The van der Waals surface area contributed by atoms with Gasteiger partial charge in [-0.05, 0) is 49.4 Å². The Bertz CT molecular complexity index is 618. The van der Waals surface area contributed by atoms with Crippen molar-refractivity contribution in [2.75, 3.05) is 7.05 Å². The third-order valence-corrected chi connectivity index (χ3v) is 4.02. The maximum atomic E-state index is 14.0.